The van der Waals surface area contributed by atoms with Crippen LogP contribution in [0.4, 0.5) is 5.69 Å². The number of hydrogen-bond donors (Lipinski definition) is 2. The number of aryl methyl sites for hydroxylation is 2. The number of carbonyl (C=O) groups excluding carboxylic acids is 1. The molecule has 0 atom stereocenters. The van der Waals surface area contributed by atoms with Crippen LogP contribution in [0.3, 0.4) is 0 Å². The normalized spacial score (nSPS) is 12.4. The second-order valence-corrected chi connectivity index (χ2v) is 8.55. The lowest BCUT2D eigenvalue weighted by molar-refractivity contribution is 0.102. The van der Waals surface area contributed by atoms with Crippen molar-refractivity contribution in [3.05, 3.63) is 86.4 Å². The zero-order chi connectivity index (χ0) is 23.8. The molecule has 1 amide bonds. The summed E-state index contributed by atoms with van der Waals surface area (Å²) in [6.45, 7) is 0. The molecule has 0 aliphatic heterocycles. The predicted molar refractivity (Wildman–Crippen MR) is 134 cm³/mol. The number of ether oxygens (including phenoxy) is 2. The minimum absolute atomic E-state index is 0.209. The van der Waals surface area contributed by atoms with Gasteiger partial charge >= 0.3 is 0 Å². The van der Waals surface area contributed by atoms with Crippen LogP contribution in [0.25, 0.3) is 16.6 Å². The molecule has 1 aromatic heterocycles. The van der Waals surface area contributed by atoms with Gasteiger partial charge in [-0.2, -0.15) is 0 Å². The Balaban J connectivity index is 1.49. The van der Waals surface area contributed by atoms with Gasteiger partial charge in [0.15, 0.2) is 16.3 Å². The maximum absolute atomic E-state index is 13.3. The molecular formula is C26H23N3O4S. The second-order valence-electron chi connectivity index (χ2n) is 8.16. The van der Waals surface area contributed by atoms with Crippen LogP contribution in [0.5, 0.6) is 11.5 Å². The molecule has 0 radical (unpaired) electrons. The fourth-order valence-electron chi connectivity index (χ4n) is 4.41. The van der Waals surface area contributed by atoms with E-state index in [4.69, 9.17) is 21.7 Å². The van der Waals surface area contributed by atoms with Gasteiger partial charge in [0.1, 0.15) is 0 Å². The molecule has 0 bridgehead atoms. The molecule has 1 aliphatic rings. The van der Waals surface area contributed by atoms with Crippen molar-refractivity contribution in [3.63, 3.8) is 0 Å². The van der Waals surface area contributed by atoms with Crippen LogP contribution in [0, 0.1) is 4.77 Å². The van der Waals surface area contributed by atoms with Gasteiger partial charge in [0.25, 0.3) is 11.5 Å². The fourth-order valence-corrected chi connectivity index (χ4v) is 4.71. The summed E-state index contributed by atoms with van der Waals surface area (Å²) in [6.07, 6.45) is 3.28. The summed E-state index contributed by atoms with van der Waals surface area (Å²) in [5.41, 5.74) is 4.58. The van der Waals surface area contributed by atoms with Crippen molar-refractivity contribution in [2.45, 2.75) is 19.3 Å². The van der Waals surface area contributed by atoms with Crippen LogP contribution >= 0.6 is 12.2 Å². The summed E-state index contributed by atoms with van der Waals surface area (Å²) in [4.78, 5) is 29.3. The highest BCUT2D eigenvalue weighted by Crippen LogP contribution is 2.29. The van der Waals surface area contributed by atoms with Crippen molar-refractivity contribution in [2.75, 3.05) is 19.5 Å². The standard InChI is InChI=1S/C26H23N3O4S/c1-32-22-11-9-19(14-23(22)33-2)29-25(31)20-10-7-17(13-21(20)28-26(29)34)24(30)27-18-8-6-15-4-3-5-16(15)12-18/h6-14H,3-5H2,1-2H3,(H,27,30)(H,28,34). The third kappa shape index (κ3) is 3.86. The number of rotatable bonds is 5. The van der Waals surface area contributed by atoms with E-state index in [1.807, 2.05) is 12.1 Å². The average molecular weight is 474 g/mol. The molecule has 7 nitrogen and oxygen atoms in total. The van der Waals surface area contributed by atoms with Crippen LogP contribution in [0.15, 0.2) is 59.4 Å². The van der Waals surface area contributed by atoms with Gasteiger partial charge in [0.2, 0.25) is 0 Å². The van der Waals surface area contributed by atoms with Crippen LogP contribution in [0.1, 0.15) is 27.9 Å². The Morgan fingerprint density at radius 3 is 2.56 bits per heavy atom. The first-order valence-electron chi connectivity index (χ1n) is 10.9. The lowest BCUT2D eigenvalue weighted by Crippen LogP contribution is -2.21. The number of aromatic amines is 1. The maximum Gasteiger partial charge on any atom is 0.266 e. The molecule has 5 rings (SSSR count). The van der Waals surface area contributed by atoms with Gasteiger partial charge in [0.05, 0.1) is 30.8 Å². The predicted octanol–water partition coefficient (Wildman–Crippen LogP) is 4.81. The van der Waals surface area contributed by atoms with Crippen molar-refractivity contribution in [2.24, 2.45) is 0 Å². The molecular weight excluding hydrogens is 450 g/mol. The molecule has 8 heteroatoms. The number of methoxy groups -OCH3 is 2. The Morgan fingerprint density at radius 1 is 0.971 bits per heavy atom. The van der Waals surface area contributed by atoms with Gasteiger partial charge in [-0.05, 0) is 85.1 Å². The molecule has 1 heterocycles. The number of aromatic nitrogens is 2. The van der Waals surface area contributed by atoms with Crippen molar-refractivity contribution in [1.82, 2.24) is 9.55 Å². The van der Waals surface area contributed by atoms with Crippen LogP contribution in [0.2, 0.25) is 0 Å². The van der Waals surface area contributed by atoms with E-state index in [9.17, 15) is 9.59 Å². The van der Waals surface area contributed by atoms with E-state index in [1.54, 1.807) is 43.5 Å². The first-order valence-corrected chi connectivity index (χ1v) is 11.3. The van der Waals surface area contributed by atoms with Crippen LogP contribution < -0.4 is 20.3 Å². The lowest BCUT2D eigenvalue weighted by atomic mass is 10.1. The highest BCUT2D eigenvalue weighted by Gasteiger charge is 2.15. The molecule has 0 saturated carbocycles. The summed E-state index contributed by atoms with van der Waals surface area (Å²) in [5.74, 6) is 0.789. The number of hydrogen-bond acceptors (Lipinski definition) is 5. The Hall–Kier alpha value is -3.91. The van der Waals surface area contributed by atoms with E-state index in [0.29, 0.717) is 33.7 Å². The highest BCUT2D eigenvalue weighted by atomic mass is 32.1. The van der Waals surface area contributed by atoms with Crippen molar-refractivity contribution >= 4 is 34.7 Å². The monoisotopic (exact) mass is 473 g/mol. The minimum Gasteiger partial charge on any atom is -0.493 e. The number of benzene rings is 3. The number of anilines is 1. The smallest absolute Gasteiger partial charge is 0.266 e. The molecule has 0 fully saturated rings. The molecule has 4 aromatic rings. The number of nitrogens with one attached hydrogen (secondary N) is 2. The Bertz CT molecular complexity index is 1550. The summed E-state index contributed by atoms with van der Waals surface area (Å²) in [7, 11) is 3.07. The highest BCUT2D eigenvalue weighted by molar-refractivity contribution is 7.71. The minimum atomic E-state index is -0.295. The molecule has 0 spiro atoms. The van der Waals surface area contributed by atoms with Gasteiger partial charge in [0, 0.05) is 17.3 Å². The first-order chi connectivity index (χ1) is 16.5. The number of H-pyrrole nitrogens is 1. The fraction of sp³-hybridized carbons (Fsp3) is 0.192. The third-order valence-corrected chi connectivity index (χ3v) is 6.43. The van der Waals surface area contributed by atoms with Gasteiger partial charge in [-0.25, -0.2) is 0 Å². The van der Waals surface area contributed by atoms with Gasteiger partial charge in [-0.15, -0.1) is 0 Å². The van der Waals surface area contributed by atoms with E-state index in [0.717, 1.165) is 24.9 Å². The average Bonchev–Trinajstić information content (AvgIpc) is 3.31. The Labute approximate surface area is 201 Å². The number of carbonyl (C=O) groups is 1. The number of nitrogens with zero attached hydrogens (tertiary/aromatic N) is 1. The van der Waals surface area contributed by atoms with Crippen molar-refractivity contribution < 1.29 is 14.3 Å². The largest absolute Gasteiger partial charge is 0.493 e. The molecule has 2 N–H and O–H groups in total. The summed E-state index contributed by atoms with van der Waals surface area (Å²) in [6, 6.07) is 16.1. The SMILES string of the molecule is COc1ccc(-n2c(=S)[nH]c3cc(C(=O)Nc4ccc5c(c4)CCC5)ccc3c2=O)cc1OC. The van der Waals surface area contributed by atoms with E-state index < -0.39 is 0 Å². The molecule has 1 aliphatic carbocycles. The van der Waals surface area contributed by atoms with E-state index in [2.05, 4.69) is 16.4 Å². The lowest BCUT2D eigenvalue weighted by Gasteiger charge is -2.12. The van der Waals surface area contributed by atoms with Gasteiger partial charge in [-0.1, -0.05) is 6.07 Å². The maximum atomic E-state index is 13.3. The van der Waals surface area contributed by atoms with Gasteiger partial charge < -0.3 is 19.8 Å². The molecule has 0 saturated heterocycles. The molecule has 3 aromatic carbocycles. The van der Waals surface area contributed by atoms with Crippen molar-refractivity contribution in [3.8, 4) is 17.2 Å². The van der Waals surface area contributed by atoms with Crippen molar-refractivity contribution in [1.29, 1.82) is 0 Å². The van der Waals surface area contributed by atoms with Gasteiger partial charge in [-0.3, -0.25) is 14.2 Å². The second kappa shape index (κ2) is 8.79. The van der Waals surface area contributed by atoms with E-state index in [1.165, 1.54) is 22.8 Å². The van der Waals surface area contributed by atoms with Crippen LogP contribution in [-0.2, 0) is 12.8 Å². The molecule has 172 valence electrons. The Morgan fingerprint density at radius 2 is 1.76 bits per heavy atom. The van der Waals surface area contributed by atoms with Crippen LogP contribution in [-0.4, -0.2) is 29.7 Å². The zero-order valence-corrected chi connectivity index (χ0v) is 19.6. The first kappa shape index (κ1) is 21.9. The quantitative estimate of drug-likeness (QED) is 0.407. The summed E-state index contributed by atoms with van der Waals surface area (Å²) >= 11 is 5.48. The number of amides is 1. The summed E-state index contributed by atoms with van der Waals surface area (Å²) in [5, 5.41) is 3.37. The zero-order valence-electron chi connectivity index (χ0n) is 18.8. The molecule has 0 unspecified atom stereocenters. The van der Waals surface area contributed by atoms with E-state index >= 15 is 0 Å². The molecule has 34 heavy (non-hydrogen) atoms. The number of fused-ring (bicyclic) bond motifs is 2. The topological polar surface area (TPSA) is 85.4 Å². The Kier molecular flexibility index (Phi) is 5.67. The summed E-state index contributed by atoms with van der Waals surface area (Å²) < 4.78 is 12.2. The van der Waals surface area contributed by atoms with E-state index in [-0.39, 0.29) is 16.2 Å². The third-order valence-electron chi connectivity index (χ3n) is 6.14.